The van der Waals surface area contributed by atoms with Gasteiger partial charge in [-0.1, -0.05) is 54.6 Å². The molecule has 3 aromatic carbocycles. The average molecular weight is 454 g/mol. The molecule has 0 aliphatic rings. The van der Waals surface area contributed by atoms with E-state index in [1.54, 1.807) is 67.7 Å². The molecule has 8 heteroatoms. The number of methoxy groups -OCH3 is 1. The van der Waals surface area contributed by atoms with E-state index >= 15 is 0 Å². The standard InChI is InChI=1S/C25H24F2N2O4/c1-29(16-17-13-14-20(33-25(26)27)21(15-17)32-2)24(31)22(18-9-5-3-6-10-18)28-23(30)19-11-7-4-8-12-19/h3-15,22,25H,16H2,1-2H3,(H,28,30). The Bertz CT molecular complexity index is 1080. The van der Waals surface area contributed by atoms with Crippen LogP contribution in [0.5, 0.6) is 11.5 Å². The van der Waals surface area contributed by atoms with E-state index in [9.17, 15) is 18.4 Å². The van der Waals surface area contributed by atoms with Crippen molar-refractivity contribution in [1.29, 1.82) is 0 Å². The van der Waals surface area contributed by atoms with Gasteiger partial charge in [-0.3, -0.25) is 9.59 Å². The lowest BCUT2D eigenvalue weighted by molar-refractivity contribution is -0.132. The van der Waals surface area contributed by atoms with Gasteiger partial charge in [0.25, 0.3) is 5.91 Å². The number of carbonyl (C=O) groups is 2. The highest BCUT2D eigenvalue weighted by atomic mass is 19.3. The predicted octanol–water partition coefficient (Wildman–Crippen LogP) is 4.43. The molecular weight excluding hydrogens is 430 g/mol. The minimum absolute atomic E-state index is 0.0949. The summed E-state index contributed by atoms with van der Waals surface area (Å²) in [5, 5.41) is 2.81. The molecule has 0 saturated heterocycles. The fraction of sp³-hybridized carbons (Fsp3) is 0.200. The van der Waals surface area contributed by atoms with Crippen LogP contribution in [0.2, 0.25) is 0 Å². The molecule has 172 valence electrons. The van der Waals surface area contributed by atoms with Crippen LogP contribution in [0.1, 0.15) is 27.5 Å². The Hall–Kier alpha value is -3.94. The molecule has 0 fully saturated rings. The summed E-state index contributed by atoms with van der Waals surface area (Å²) in [6.07, 6.45) is 0. The minimum atomic E-state index is -2.98. The van der Waals surface area contributed by atoms with Crippen molar-refractivity contribution in [3.63, 3.8) is 0 Å². The quantitative estimate of drug-likeness (QED) is 0.520. The van der Waals surface area contributed by atoms with Crippen molar-refractivity contribution < 1.29 is 27.8 Å². The summed E-state index contributed by atoms with van der Waals surface area (Å²) in [5.41, 5.74) is 1.72. The number of nitrogens with zero attached hydrogens (tertiary/aromatic N) is 1. The first kappa shape index (κ1) is 23.7. The van der Waals surface area contributed by atoms with E-state index in [4.69, 9.17) is 4.74 Å². The van der Waals surface area contributed by atoms with E-state index < -0.39 is 12.7 Å². The Balaban J connectivity index is 1.80. The van der Waals surface area contributed by atoms with E-state index in [-0.39, 0.29) is 29.9 Å². The van der Waals surface area contributed by atoms with Crippen LogP contribution in [-0.4, -0.2) is 37.5 Å². The number of amides is 2. The molecule has 0 aliphatic carbocycles. The Morgan fingerprint density at radius 1 is 0.939 bits per heavy atom. The summed E-state index contributed by atoms with van der Waals surface area (Å²) in [4.78, 5) is 27.5. The smallest absolute Gasteiger partial charge is 0.387 e. The highest BCUT2D eigenvalue weighted by molar-refractivity contribution is 5.97. The first-order valence-electron chi connectivity index (χ1n) is 10.2. The van der Waals surface area contributed by atoms with Gasteiger partial charge < -0.3 is 19.7 Å². The number of hydrogen-bond donors (Lipinski definition) is 1. The molecule has 0 spiro atoms. The third-order valence-corrected chi connectivity index (χ3v) is 4.93. The second kappa shape index (κ2) is 11.1. The van der Waals surface area contributed by atoms with Gasteiger partial charge in [-0.05, 0) is 35.4 Å². The SMILES string of the molecule is COc1cc(CN(C)C(=O)C(NC(=O)c2ccccc2)c2ccccc2)ccc1OC(F)F. The third kappa shape index (κ3) is 6.29. The lowest BCUT2D eigenvalue weighted by atomic mass is 10.0. The van der Waals surface area contributed by atoms with Crippen molar-refractivity contribution in [2.24, 2.45) is 0 Å². The molecule has 0 heterocycles. The molecule has 3 aromatic rings. The number of alkyl halides is 2. The predicted molar refractivity (Wildman–Crippen MR) is 119 cm³/mol. The largest absolute Gasteiger partial charge is 0.493 e. The Morgan fingerprint density at radius 3 is 2.18 bits per heavy atom. The molecule has 6 nitrogen and oxygen atoms in total. The summed E-state index contributed by atoms with van der Waals surface area (Å²) in [5.74, 6) is -0.674. The molecule has 1 atom stereocenters. The molecule has 1 unspecified atom stereocenters. The number of halogens is 2. The summed E-state index contributed by atoms with van der Waals surface area (Å²) >= 11 is 0. The second-order valence-corrected chi connectivity index (χ2v) is 7.24. The fourth-order valence-corrected chi connectivity index (χ4v) is 3.31. The average Bonchev–Trinajstić information content (AvgIpc) is 2.83. The van der Waals surface area contributed by atoms with Gasteiger partial charge in [0.05, 0.1) is 7.11 Å². The molecule has 0 aliphatic heterocycles. The van der Waals surface area contributed by atoms with Gasteiger partial charge >= 0.3 is 6.61 Å². The van der Waals surface area contributed by atoms with Crippen LogP contribution in [0.4, 0.5) is 8.78 Å². The van der Waals surface area contributed by atoms with Crippen molar-refractivity contribution in [2.45, 2.75) is 19.2 Å². The number of hydrogen-bond acceptors (Lipinski definition) is 4. The number of carbonyl (C=O) groups excluding carboxylic acids is 2. The number of rotatable bonds is 9. The van der Waals surface area contributed by atoms with Crippen molar-refractivity contribution in [3.8, 4) is 11.5 Å². The van der Waals surface area contributed by atoms with Crippen LogP contribution < -0.4 is 14.8 Å². The van der Waals surface area contributed by atoms with Crippen LogP contribution in [0.3, 0.4) is 0 Å². The van der Waals surface area contributed by atoms with Crippen molar-refractivity contribution in [2.75, 3.05) is 14.2 Å². The van der Waals surface area contributed by atoms with E-state index in [1.807, 2.05) is 6.07 Å². The lowest BCUT2D eigenvalue weighted by Crippen LogP contribution is -2.41. The van der Waals surface area contributed by atoms with Crippen molar-refractivity contribution in [3.05, 3.63) is 95.6 Å². The maximum Gasteiger partial charge on any atom is 0.387 e. The molecule has 0 radical (unpaired) electrons. The van der Waals surface area contributed by atoms with E-state index in [1.165, 1.54) is 24.1 Å². The molecule has 0 saturated carbocycles. The number of nitrogens with one attached hydrogen (secondary N) is 1. The zero-order chi connectivity index (χ0) is 23.8. The zero-order valence-corrected chi connectivity index (χ0v) is 18.2. The number of ether oxygens (including phenoxy) is 2. The first-order chi connectivity index (χ1) is 15.9. The molecule has 0 aromatic heterocycles. The third-order valence-electron chi connectivity index (χ3n) is 4.93. The van der Waals surface area contributed by atoms with Crippen LogP contribution in [0, 0.1) is 0 Å². The van der Waals surface area contributed by atoms with Gasteiger partial charge in [-0.25, -0.2) is 0 Å². The summed E-state index contributed by atoms with van der Waals surface area (Å²) in [7, 11) is 2.94. The molecule has 33 heavy (non-hydrogen) atoms. The van der Waals surface area contributed by atoms with Gasteiger partial charge in [0.2, 0.25) is 5.91 Å². The van der Waals surface area contributed by atoms with E-state index in [0.717, 1.165) is 0 Å². The van der Waals surface area contributed by atoms with Gasteiger partial charge in [-0.2, -0.15) is 8.78 Å². The maximum atomic E-state index is 13.3. The molecule has 1 N–H and O–H groups in total. The molecule has 3 rings (SSSR count). The Labute approximate surface area is 190 Å². The number of benzene rings is 3. The van der Waals surface area contributed by atoms with Crippen molar-refractivity contribution >= 4 is 11.8 Å². The zero-order valence-electron chi connectivity index (χ0n) is 18.2. The normalized spacial score (nSPS) is 11.5. The summed E-state index contributed by atoms with van der Waals surface area (Å²) in [6, 6.07) is 21.1. The van der Waals surface area contributed by atoms with E-state index in [0.29, 0.717) is 16.7 Å². The van der Waals surface area contributed by atoms with E-state index in [2.05, 4.69) is 10.1 Å². The van der Waals surface area contributed by atoms with Gasteiger partial charge in [-0.15, -0.1) is 0 Å². The van der Waals surface area contributed by atoms with Crippen molar-refractivity contribution in [1.82, 2.24) is 10.2 Å². The maximum absolute atomic E-state index is 13.3. The van der Waals surface area contributed by atoms with Gasteiger partial charge in [0.15, 0.2) is 11.5 Å². The topological polar surface area (TPSA) is 67.9 Å². The van der Waals surface area contributed by atoms with Crippen LogP contribution in [0.25, 0.3) is 0 Å². The monoisotopic (exact) mass is 454 g/mol. The lowest BCUT2D eigenvalue weighted by Gasteiger charge is -2.25. The van der Waals surface area contributed by atoms with Crippen LogP contribution in [-0.2, 0) is 11.3 Å². The molecule has 2 amide bonds. The minimum Gasteiger partial charge on any atom is -0.493 e. The van der Waals surface area contributed by atoms with Gasteiger partial charge in [0, 0.05) is 19.2 Å². The summed E-state index contributed by atoms with van der Waals surface area (Å²) < 4.78 is 34.7. The molecular formula is C25H24F2N2O4. The second-order valence-electron chi connectivity index (χ2n) is 7.24. The van der Waals surface area contributed by atoms with Crippen LogP contribution in [0.15, 0.2) is 78.9 Å². The Morgan fingerprint density at radius 2 is 1.58 bits per heavy atom. The number of likely N-dealkylation sites (N-methyl/N-ethyl adjacent to an activating group) is 1. The summed E-state index contributed by atoms with van der Waals surface area (Å²) in [6.45, 7) is -2.82. The van der Waals surface area contributed by atoms with Gasteiger partial charge in [0.1, 0.15) is 6.04 Å². The highest BCUT2D eigenvalue weighted by Crippen LogP contribution is 2.30. The fourth-order valence-electron chi connectivity index (χ4n) is 3.31. The molecule has 0 bridgehead atoms. The Kier molecular flexibility index (Phi) is 7.96. The highest BCUT2D eigenvalue weighted by Gasteiger charge is 2.26. The first-order valence-corrected chi connectivity index (χ1v) is 10.2. The van der Waals surface area contributed by atoms with Crippen LogP contribution >= 0.6 is 0 Å².